The molecule has 0 atom stereocenters. The van der Waals surface area contributed by atoms with Crippen LogP contribution in [0.5, 0.6) is 0 Å². The van der Waals surface area contributed by atoms with Crippen LogP contribution in [0.25, 0.3) is 4.96 Å². The van der Waals surface area contributed by atoms with Crippen molar-refractivity contribution in [3.8, 4) is 0 Å². The standard InChI is InChI=1S/C23H23N5O3S/c1-13(2)21-26-19(27-31-21)11-14-7-9-15(10-8-14)25-20(29)16-12-24-23-28(22(16)30)17-5-3-4-6-18(17)32-23/h7-10,12-13H,3-6,11H2,1-2H3,(H,25,29). The summed E-state index contributed by atoms with van der Waals surface area (Å²) < 4.78 is 6.86. The highest BCUT2D eigenvalue weighted by Crippen LogP contribution is 2.28. The van der Waals surface area contributed by atoms with Gasteiger partial charge in [-0.05, 0) is 43.4 Å². The third kappa shape index (κ3) is 3.84. The van der Waals surface area contributed by atoms with Crippen LogP contribution in [0.4, 0.5) is 5.69 Å². The van der Waals surface area contributed by atoms with Gasteiger partial charge in [-0.2, -0.15) is 4.98 Å². The topological polar surface area (TPSA) is 102 Å². The van der Waals surface area contributed by atoms with E-state index in [1.54, 1.807) is 27.9 Å². The molecule has 3 aromatic heterocycles. The molecule has 0 aliphatic heterocycles. The second-order valence-electron chi connectivity index (χ2n) is 8.31. The number of fused-ring (bicyclic) bond motifs is 3. The number of hydrogen-bond donors (Lipinski definition) is 1. The first-order valence-corrected chi connectivity index (χ1v) is 11.6. The van der Waals surface area contributed by atoms with E-state index < -0.39 is 5.91 Å². The Kier molecular flexibility index (Phi) is 5.34. The SMILES string of the molecule is CC(C)c1nc(Cc2ccc(NC(=O)c3cnc4sc5c(n4c3=O)CCCC5)cc2)no1. The lowest BCUT2D eigenvalue weighted by molar-refractivity contribution is 0.102. The summed E-state index contributed by atoms with van der Waals surface area (Å²) in [6.07, 6.45) is 5.92. The number of rotatable bonds is 5. The van der Waals surface area contributed by atoms with E-state index >= 15 is 0 Å². The van der Waals surface area contributed by atoms with E-state index in [9.17, 15) is 9.59 Å². The minimum Gasteiger partial charge on any atom is -0.339 e. The molecule has 0 spiro atoms. The smallest absolute Gasteiger partial charge is 0.271 e. The summed E-state index contributed by atoms with van der Waals surface area (Å²) in [5.74, 6) is 0.968. The molecule has 0 radical (unpaired) electrons. The minimum atomic E-state index is -0.458. The van der Waals surface area contributed by atoms with Gasteiger partial charge in [-0.1, -0.05) is 31.1 Å². The van der Waals surface area contributed by atoms with E-state index in [4.69, 9.17) is 4.52 Å². The first-order valence-electron chi connectivity index (χ1n) is 10.7. The Labute approximate surface area is 188 Å². The zero-order chi connectivity index (χ0) is 22.2. The highest BCUT2D eigenvalue weighted by Gasteiger charge is 2.21. The zero-order valence-electron chi connectivity index (χ0n) is 17.9. The summed E-state index contributed by atoms with van der Waals surface area (Å²) in [6.45, 7) is 4.00. The van der Waals surface area contributed by atoms with E-state index in [1.165, 1.54) is 11.1 Å². The Hall–Kier alpha value is -3.33. The lowest BCUT2D eigenvalue weighted by atomic mass is 10.0. The molecule has 5 rings (SSSR count). The van der Waals surface area contributed by atoms with Gasteiger partial charge in [-0.25, -0.2) is 4.98 Å². The number of amides is 1. The number of aromatic nitrogens is 4. The maximum atomic E-state index is 13.0. The second-order valence-corrected chi connectivity index (χ2v) is 9.37. The van der Waals surface area contributed by atoms with E-state index in [0.29, 0.717) is 28.8 Å². The van der Waals surface area contributed by atoms with Crippen molar-refractivity contribution >= 4 is 27.9 Å². The molecule has 0 fully saturated rings. The average molecular weight is 450 g/mol. The Bertz CT molecular complexity index is 1350. The molecule has 3 heterocycles. The van der Waals surface area contributed by atoms with Gasteiger partial charge in [-0.15, -0.1) is 11.3 Å². The van der Waals surface area contributed by atoms with Crippen LogP contribution < -0.4 is 10.9 Å². The van der Waals surface area contributed by atoms with Crippen molar-refractivity contribution in [2.45, 2.75) is 51.9 Å². The molecular formula is C23H23N5O3S. The van der Waals surface area contributed by atoms with Crippen molar-refractivity contribution in [2.75, 3.05) is 5.32 Å². The number of nitrogens with zero attached hydrogens (tertiary/aromatic N) is 4. The number of carbonyl (C=O) groups excluding carboxylic acids is 1. The predicted octanol–water partition coefficient (Wildman–Crippen LogP) is 3.98. The van der Waals surface area contributed by atoms with E-state index in [1.807, 2.05) is 26.0 Å². The molecule has 4 aromatic rings. The Morgan fingerprint density at radius 2 is 2.00 bits per heavy atom. The normalized spacial score (nSPS) is 13.5. The number of benzene rings is 1. The maximum Gasteiger partial charge on any atom is 0.271 e. The third-order valence-corrected chi connectivity index (χ3v) is 6.76. The quantitative estimate of drug-likeness (QED) is 0.494. The molecule has 1 aliphatic carbocycles. The summed E-state index contributed by atoms with van der Waals surface area (Å²) in [6, 6.07) is 7.38. The molecule has 1 aliphatic rings. The lowest BCUT2D eigenvalue weighted by Gasteiger charge is -2.10. The minimum absolute atomic E-state index is 0.0470. The monoisotopic (exact) mass is 449 g/mol. The number of thiazole rings is 1. The summed E-state index contributed by atoms with van der Waals surface area (Å²) in [5.41, 5.74) is 2.35. The molecule has 0 unspecified atom stereocenters. The molecule has 8 nitrogen and oxygen atoms in total. The molecule has 164 valence electrons. The van der Waals surface area contributed by atoms with E-state index in [0.717, 1.165) is 36.9 Å². The van der Waals surface area contributed by atoms with Gasteiger partial charge in [0.15, 0.2) is 10.8 Å². The van der Waals surface area contributed by atoms with Crippen LogP contribution in [0.3, 0.4) is 0 Å². The van der Waals surface area contributed by atoms with Gasteiger partial charge in [-0.3, -0.25) is 14.0 Å². The van der Waals surface area contributed by atoms with Crippen molar-refractivity contribution in [3.05, 3.63) is 74.2 Å². The van der Waals surface area contributed by atoms with Crippen LogP contribution in [0.2, 0.25) is 0 Å². The van der Waals surface area contributed by atoms with Gasteiger partial charge in [0.1, 0.15) is 5.56 Å². The maximum absolute atomic E-state index is 13.0. The molecule has 0 saturated heterocycles. The van der Waals surface area contributed by atoms with Crippen molar-refractivity contribution in [1.82, 2.24) is 19.5 Å². The first-order chi connectivity index (χ1) is 15.5. The van der Waals surface area contributed by atoms with Gasteiger partial charge >= 0.3 is 0 Å². The molecule has 32 heavy (non-hydrogen) atoms. The largest absolute Gasteiger partial charge is 0.339 e. The number of carbonyl (C=O) groups is 1. The van der Waals surface area contributed by atoms with Crippen LogP contribution in [0.15, 0.2) is 39.8 Å². The Morgan fingerprint density at radius 1 is 1.22 bits per heavy atom. The van der Waals surface area contributed by atoms with Crippen LogP contribution in [-0.4, -0.2) is 25.4 Å². The summed E-state index contributed by atoms with van der Waals surface area (Å²) in [5, 5.41) is 6.81. The molecule has 0 bridgehead atoms. The molecule has 1 amide bonds. The number of aryl methyl sites for hydroxylation is 2. The molecule has 0 saturated carbocycles. The van der Waals surface area contributed by atoms with Gasteiger partial charge in [0.2, 0.25) is 5.89 Å². The van der Waals surface area contributed by atoms with Crippen LogP contribution in [0, 0.1) is 0 Å². The Balaban J connectivity index is 1.33. The number of hydrogen-bond acceptors (Lipinski definition) is 7. The fourth-order valence-electron chi connectivity index (χ4n) is 3.88. The van der Waals surface area contributed by atoms with Gasteiger partial charge in [0.05, 0.1) is 0 Å². The average Bonchev–Trinajstić information content (AvgIpc) is 3.40. The van der Waals surface area contributed by atoms with E-state index in [-0.39, 0.29) is 17.0 Å². The van der Waals surface area contributed by atoms with E-state index in [2.05, 4.69) is 20.4 Å². The molecule has 9 heteroatoms. The summed E-state index contributed by atoms with van der Waals surface area (Å²) >= 11 is 1.55. The Morgan fingerprint density at radius 3 is 2.75 bits per heavy atom. The fourth-order valence-corrected chi connectivity index (χ4v) is 5.05. The van der Waals surface area contributed by atoms with Crippen LogP contribution in [-0.2, 0) is 19.3 Å². The molecule has 1 N–H and O–H groups in total. The van der Waals surface area contributed by atoms with Crippen molar-refractivity contribution in [3.63, 3.8) is 0 Å². The first kappa shape index (κ1) is 20.6. The van der Waals surface area contributed by atoms with Crippen LogP contribution in [0.1, 0.15) is 70.8 Å². The van der Waals surface area contributed by atoms with Crippen molar-refractivity contribution in [1.29, 1.82) is 0 Å². The predicted molar refractivity (Wildman–Crippen MR) is 122 cm³/mol. The lowest BCUT2D eigenvalue weighted by Crippen LogP contribution is -2.27. The second kappa shape index (κ2) is 8.31. The van der Waals surface area contributed by atoms with Gasteiger partial charge < -0.3 is 9.84 Å². The number of anilines is 1. The van der Waals surface area contributed by atoms with Crippen molar-refractivity contribution in [2.24, 2.45) is 0 Å². The summed E-state index contributed by atoms with van der Waals surface area (Å²) in [4.78, 5) is 36.5. The summed E-state index contributed by atoms with van der Waals surface area (Å²) in [7, 11) is 0. The highest BCUT2D eigenvalue weighted by atomic mass is 32.1. The van der Waals surface area contributed by atoms with Crippen molar-refractivity contribution < 1.29 is 9.32 Å². The zero-order valence-corrected chi connectivity index (χ0v) is 18.7. The van der Waals surface area contributed by atoms with Crippen LogP contribution >= 0.6 is 11.3 Å². The third-order valence-electron chi connectivity index (χ3n) is 5.60. The molecule has 1 aromatic carbocycles. The highest BCUT2D eigenvalue weighted by molar-refractivity contribution is 7.17. The number of nitrogens with one attached hydrogen (secondary N) is 1. The van der Waals surface area contributed by atoms with Gasteiger partial charge in [0.25, 0.3) is 11.5 Å². The van der Waals surface area contributed by atoms with Gasteiger partial charge in [0, 0.05) is 34.8 Å². The molecular weight excluding hydrogens is 426 g/mol. The fraction of sp³-hybridized carbons (Fsp3) is 0.348.